The molecule has 0 aliphatic heterocycles. The van der Waals surface area contributed by atoms with Crippen molar-refractivity contribution in [2.75, 3.05) is 15.9 Å². The quantitative estimate of drug-likeness (QED) is 0.856. The van der Waals surface area contributed by atoms with Crippen LogP contribution in [0.2, 0.25) is 0 Å². The molecule has 0 radical (unpaired) electrons. The summed E-state index contributed by atoms with van der Waals surface area (Å²) in [5.74, 6) is -0.943. The van der Waals surface area contributed by atoms with Crippen molar-refractivity contribution in [2.45, 2.75) is 26.3 Å². The summed E-state index contributed by atoms with van der Waals surface area (Å²) in [5, 5.41) is 2.78. The lowest BCUT2D eigenvalue weighted by atomic mass is 10.1. The maximum Gasteiger partial charge on any atom is 0.248 e. The van der Waals surface area contributed by atoms with Crippen molar-refractivity contribution in [3.63, 3.8) is 0 Å². The Morgan fingerprint density at radius 2 is 1.76 bits per heavy atom. The van der Waals surface area contributed by atoms with Gasteiger partial charge in [0.25, 0.3) is 0 Å². The molecule has 134 valence electrons. The first-order valence-electron chi connectivity index (χ1n) is 7.87. The van der Waals surface area contributed by atoms with Crippen LogP contribution in [-0.4, -0.2) is 26.6 Å². The molecule has 2 rings (SSSR count). The number of amides is 1. The molecule has 0 aromatic heterocycles. The van der Waals surface area contributed by atoms with Crippen LogP contribution in [0.1, 0.15) is 19.4 Å². The molecule has 0 bridgehead atoms. The Bertz CT molecular complexity index is 851. The Morgan fingerprint density at radius 1 is 1.16 bits per heavy atom. The number of carbonyl (C=O) groups is 1. The summed E-state index contributed by atoms with van der Waals surface area (Å²) in [4.78, 5) is 12.6. The number of nitrogens with one attached hydrogen (secondary N) is 1. The Balaban J connectivity index is 2.31. The van der Waals surface area contributed by atoms with Gasteiger partial charge in [0.2, 0.25) is 15.9 Å². The first kappa shape index (κ1) is 18.9. The molecule has 1 amide bonds. The number of benzene rings is 2. The number of rotatable bonds is 6. The number of halogens is 1. The van der Waals surface area contributed by atoms with E-state index in [1.165, 1.54) is 19.1 Å². The van der Waals surface area contributed by atoms with Gasteiger partial charge in [0.05, 0.1) is 11.9 Å². The van der Waals surface area contributed by atoms with Gasteiger partial charge in [0.15, 0.2) is 0 Å². The van der Waals surface area contributed by atoms with E-state index < -0.39 is 27.8 Å². The third kappa shape index (κ3) is 4.57. The SMILES string of the molecule is CCc1ccccc1NC(=O)C(C)N(c1ccc(F)cc1)S(C)(=O)=O. The van der Waals surface area contributed by atoms with Crippen molar-refractivity contribution in [1.29, 1.82) is 0 Å². The molecule has 0 aliphatic rings. The fraction of sp³-hybridized carbons (Fsp3) is 0.278. The number of hydrogen-bond donors (Lipinski definition) is 1. The Kier molecular flexibility index (Phi) is 5.79. The van der Waals surface area contributed by atoms with Crippen LogP contribution in [0.3, 0.4) is 0 Å². The van der Waals surface area contributed by atoms with E-state index in [4.69, 9.17) is 0 Å². The first-order valence-corrected chi connectivity index (χ1v) is 9.72. The molecule has 1 atom stereocenters. The van der Waals surface area contributed by atoms with E-state index in [1.54, 1.807) is 12.1 Å². The number of carbonyl (C=O) groups excluding carboxylic acids is 1. The van der Waals surface area contributed by atoms with Crippen LogP contribution in [0.15, 0.2) is 48.5 Å². The maximum absolute atomic E-state index is 13.1. The largest absolute Gasteiger partial charge is 0.324 e. The second-order valence-electron chi connectivity index (χ2n) is 5.71. The zero-order valence-electron chi connectivity index (χ0n) is 14.4. The van der Waals surface area contributed by atoms with E-state index in [9.17, 15) is 17.6 Å². The van der Waals surface area contributed by atoms with E-state index in [1.807, 2.05) is 19.1 Å². The van der Waals surface area contributed by atoms with Crippen LogP contribution in [0.5, 0.6) is 0 Å². The molecule has 1 N–H and O–H groups in total. The number of anilines is 2. The Hall–Kier alpha value is -2.41. The summed E-state index contributed by atoms with van der Waals surface area (Å²) < 4.78 is 38.5. The van der Waals surface area contributed by atoms with E-state index in [0.717, 1.165) is 34.7 Å². The van der Waals surface area contributed by atoms with E-state index in [2.05, 4.69) is 5.32 Å². The average molecular weight is 364 g/mol. The molecular weight excluding hydrogens is 343 g/mol. The second kappa shape index (κ2) is 7.65. The van der Waals surface area contributed by atoms with Gasteiger partial charge < -0.3 is 5.32 Å². The topological polar surface area (TPSA) is 66.5 Å². The minimum atomic E-state index is -3.73. The molecule has 1 unspecified atom stereocenters. The molecule has 0 fully saturated rings. The zero-order valence-corrected chi connectivity index (χ0v) is 15.2. The van der Waals surface area contributed by atoms with Gasteiger partial charge in [-0.1, -0.05) is 25.1 Å². The Labute approximate surface area is 147 Å². The molecule has 7 heteroatoms. The molecule has 0 heterocycles. The third-order valence-electron chi connectivity index (χ3n) is 3.83. The highest BCUT2D eigenvalue weighted by atomic mass is 32.2. The fourth-order valence-electron chi connectivity index (χ4n) is 2.58. The summed E-state index contributed by atoms with van der Waals surface area (Å²) in [6.45, 7) is 3.46. The van der Waals surface area contributed by atoms with Crippen molar-refractivity contribution in [3.8, 4) is 0 Å². The van der Waals surface area contributed by atoms with Gasteiger partial charge in [-0.3, -0.25) is 9.10 Å². The summed E-state index contributed by atoms with van der Waals surface area (Å²) in [6, 6.07) is 11.3. The minimum Gasteiger partial charge on any atom is -0.324 e. The van der Waals surface area contributed by atoms with Crippen LogP contribution in [0, 0.1) is 5.82 Å². The third-order valence-corrected chi connectivity index (χ3v) is 5.07. The summed E-state index contributed by atoms with van der Waals surface area (Å²) >= 11 is 0. The van der Waals surface area contributed by atoms with Gasteiger partial charge in [-0.2, -0.15) is 0 Å². The predicted octanol–water partition coefficient (Wildman–Crippen LogP) is 3.18. The average Bonchev–Trinajstić information content (AvgIpc) is 2.56. The van der Waals surface area contributed by atoms with Crippen LogP contribution in [0.25, 0.3) is 0 Å². The lowest BCUT2D eigenvalue weighted by molar-refractivity contribution is -0.116. The molecule has 0 aliphatic carbocycles. The first-order chi connectivity index (χ1) is 11.7. The van der Waals surface area contributed by atoms with Gasteiger partial charge in [0, 0.05) is 5.69 Å². The molecule has 2 aromatic carbocycles. The number of nitrogens with zero attached hydrogens (tertiary/aromatic N) is 1. The van der Waals surface area contributed by atoms with Crippen LogP contribution < -0.4 is 9.62 Å². The smallest absolute Gasteiger partial charge is 0.248 e. The lowest BCUT2D eigenvalue weighted by Crippen LogP contribution is -2.45. The van der Waals surface area contributed by atoms with Crippen molar-refractivity contribution in [2.24, 2.45) is 0 Å². The fourth-order valence-corrected chi connectivity index (χ4v) is 3.76. The monoisotopic (exact) mass is 364 g/mol. The molecule has 0 saturated carbocycles. The van der Waals surface area contributed by atoms with Gasteiger partial charge >= 0.3 is 0 Å². The van der Waals surface area contributed by atoms with Crippen LogP contribution in [0.4, 0.5) is 15.8 Å². The maximum atomic E-state index is 13.1. The highest BCUT2D eigenvalue weighted by Gasteiger charge is 2.29. The summed E-state index contributed by atoms with van der Waals surface area (Å²) in [7, 11) is -3.73. The number of para-hydroxylation sites is 1. The summed E-state index contributed by atoms with van der Waals surface area (Å²) in [5.41, 5.74) is 1.83. The van der Waals surface area contributed by atoms with Crippen molar-refractivity contribution >= 4 is 27.3 Å². The predicted molar refractivity (Wildman–Crippen MR) is 97.6 cm³/mol. The minimum absolute atomic E-state index is 0.232. The van der Waals surface area contributed by atoms with E-state index in [0.29, 0.717) is 5.69 Å². The number of hydrogen-bond acceptors (Lipinski definition) is 3. The second-order valence-corrected chi connectivity index (χ2v) is 7.57. The van der Waals surface area contributed by atoms with Crippen molar-refractivity contribution in [3.05, 3.63) is 59.9 Å². The Morgan fingerprint density at radius 3 is 2.32 bits per heavy atom. The van der Waals surface area contributed by atoms with Gasteiger partial charge in [0.1, 0.15) is 11.9 Å². The highest BCUT2D eigenvalue weighted by molar-refractivity contribution is 7.92. The molecule has 0 saturated heterocycles. The molecule has 25 heavy (non-hydrogen) atoms. The van der Waals surface area contributed by atoms with Crippen LogP contribution >= 0.6 is 0 Å². The standard InChI is InChI=1S/C18H21FN2O3S/c1-4-14-7-5-6-8-17(14)20-18(22)13(2)21(25(3,23)24)16-11-9-15(19)10-12-16/h5-13H,4H2,1-3H3,(H,20,22). The normalized spacial score (nSPS) is 12.5. The zero-order chi connectivity index (χ0) is 18.6. The summed E-state index contributed by atoms with van der Waals surface area (Å²) in [6.07, 6.45) is 1.75. The molecule has 2 aromatic rings. The molecule has 0 spiro atoms. The number of aryl methyl sites for hydroxylation is 1. The lowest BCUT2D eigenvalue weighted by Gasteiger charge is -2.28. The molecule has 5 nitrogen and oxygen atoms in total. The number of sulfonamides is 1. The van der Waals surface area contributed by atoms with Crippen molar-refractivity contribution < 1.29 is 17.6 Å². The van der Waals surface area contributed by atoms with E-state index >= 15 is 0 Å². The van der Waals surface area contributed by atoms with Crippen LogP contribution in [-0.2, 0) is 21.2 Å². The molecular formula is C18H21FN2O3S. The van der Waals surface area contributed by atoms with Crippen molar-refractivity contribution in [1.82, 2.24) is 0 Å². The van der Waals surface area contributed by atoms with Gasteiger partial charge in [-0.05, 0) is 49.2 Å². The van der Waals surface area contributed by atoms with Gasteiger partial charge in [-0.25, -0.2) is 12.8 Å². The highest BCUT2D eigenvalue weighted by Crippen LogP contribution is 2.23. The van der Waals surface area contributed by atoms with Gasteiger partial charge in [-0.15, -0.1) is 0 Å². The van der Waals surface area contributed by atoms with E-state index in [-0.39, 0.29) is 5.69 Å².